The first-order chi connectivity index (χ1) is 11.1. The number of likely N-dealkylation sites (N-methyl/N-ethyl adjacent to an activating group) is 1. The van der Waals surface area contributed by atoms with Crippen LogP contribution in [-0.2, 0) is 0 Å². The van der Waals surface area contributed by atoms with Gasteiger partial charge in [0, 0.05) is 38.2 Å². The molecule has 0 bridgehead atoms. The summed E-state index contributed by atoms with van der Waals surface area (Å²) < 4.78 is 40.2. The van der Waals surface area contributed by atoms with Crippen LogP contribution in [0.25, 0.3) is 0 Å². The molecule has 0 radical (unpaired) electrons. The first-order valence-electron chi connectivity index (χ1n) is 8.24. The van der Waals surface area contributed by atoms with Gasteiger partial charge in [0.1, 0.15) is 5.82 Å². The summed E-state index contributed by atoms with van der Waals surface area (Å²) in [5.74, 6) is -3.09. The second-order valence-electron chi connectivity index (χ2n) is 7.03. The first kappa shape index (κ1) is 18.8. The molecule has 0 saturated carbocycles. The van der Waals surface area contributed by atoms with E-state index in [9.17, 15) is 18.0 Å². The SMILES string of the molecule is Cc1cc(C(=O)N(C)C(CN2CCC(F)(F)C2)C(C)C)ccc1F. The van der Waals surface area contributed by atoms with Gasteiger partial charge >= 0.3 is 0 Å². The minimum Gasteiger partial charge on any atom is -0.337 e. The summed E-state index contributed by atoms with van der Waals surface area (Å²) in [6.45, 7) is 6.05. The Morgan fingerprint density at radius 1 is 1.38 bits per heavy atom. The van der Waals surface area contributed by atoms with Crippen LogP contribution in [0.15, 0.2) is 18.2 Å². The molecule has 1 amide bonds. The largest absolute Gasteiger partial charge is 0.337 e. The molecular weight excluding hydrogens is 317 g/mol. The fourth-order valence-corrected chi connectivity index (χ4v) is 3.14. The normalized spacial score (nSPS) is 18.8. The van der Waals surface area contributed by atoms with E-state index in [0.717, 1.165) is 0 Å². The number of likely N-dealkylation sites (tertiary alicyclic amines) is 1. The van der Waals surface area contributed by atoms with Crippen LogP contribution < -0.4 is 0 Å². The van der Waals surface area contributed by atoms with Gasteiger partial charge in [-0.05, 0) is 36.6 Å². The summed E-state index contributed by atoms with van der Waals surface area (Å²) >= 11 is 0. The molecule has 24 heavy (non-hydrogen) atoms. The Kier molecular flexibility index (Phi) is 5.58. The highest BCUT2D eigenvalue weighted by atomic mass is 19.3. The molecule has 1 aliphatic rings. The molecule has 3 nitrogen and oxygen atoms in total. The van der Waals surface area contributed by atoms with E-state index in [1.165, 1.54) is 18.2 Å². The van der Waals surface area contributed by atoms with Crippen molar-refractivity contribution in [2.24, 2.45) is 5.92 Å². The van der Waals surface area contributed by atoms with Crippen LogP contribution in [0.5, 0.6) is 0 Å². The van der Waals surface area contributed by atoms with Crippen LogP contribution in [-0.4, -0.2) is 54.4 Å². The Morgan fingerprint density at radius 2 is 2.04 bits per heavy atom. The second kappa shape index (κ2) is 7.13. The van der Waals surface area contributed by atoms with Gasteiger partial charge in [-0.25, -0.2) is 13.2 Å². The highest BCUT2D eigenvalue weighted by molar-refractivity contribution is 5.94. The molecule has 1 aromatic carbocycles. The van der Waals surface area contributed by atoms with Crippen molar-refractivity contribution in [1.82, 2.24) is 9.80 Å². The minimum atomic E-state index is -2.64. The zero-order valence-corrected chi connectivity index (χ0v) is 14.7. The maximum atomic E-state index is 13.4. The lowest BCUT2D eigenvalue weighted by Gasteiger charge is -2.34. The van der Waals surface area contributed by atoms with E-state index >= 15 is 0 Å². The van der Waals surface area contributed by atoms with E-state index in [-0.39, 0.29) is 36.6 Å². The van der Waals surface area contributed by atoms with Gasteiger partial charge in [0.25, 0.3) is 11.8 Å². The smallest absolute Gasteiger partial charge is 0.261 e. The summed E-state index contributed by atoms with van der Waals surface area (Å²) in [7, 11) is 1.68. The number of halogens is 3. The quantitative estimate of drug-likeness (QED) is 0.817. The molecule has 1 aromatic rings. The number of aryl methyl sites for hydroxylation is 1. The van der Waals surface area contributed by atoms with Crippen molar-refractivity contribution in [3.05, 3.63) is 35.1 Å². The van der Waals surface area contributed by atoms with E-state index in [1.54, 1.807) is 23.8 Å². The Hall–Kier alpha value is -1.56. The number of alkyl halides is 2. The third-order valence-corrected chi connectivity index (χ3v) is 4.69. The molecule has 1 heterocycles. The van der Waals surface area contributed by atoms with Gasteiger partial charge in [0.2, 0.25) is 0 Å². The number of nitrogens with zero attached hydrogens (tertiary/aromatic N) is 2. The average Bonchev–Trinajstić information content (AvgIpc) is 2.85. The fraction of sp³-hybridized carbons (Fsp3) is 0.611. The summed E-state index contributed by atoms with van der Waals surface area (Å²) in [5, 5.41) is 0. The van der Waals surface area contributed by atoms with Gasteiger partial charge in [0.15, 0.2) is 0 Å². The molecule has 1 atom stereocenters. The molecule has 0 aliphatic carbocycles. The molecule has 6 heteroatoms. The molecular formula is C18H25F3N2O. The number of carbonyl (C=O) groups is 1. The molecule has 1 unspecified atom stereocenters. The highest BCUT2D eigenvalue weighted by Gasteiger charge is 2.39. The Bertz CT molecular complexity index is 604. The molecule has 2 rings (SSSR count). The Labute approximate surface area is 141 Å². The highest BCUT2D eigenvalue weighted by Crippen LogP contribution is 2.28. The number of amides is 1. The van der Waals surface area contributed by atoms with Crippen molar-refractivity contribution in [3.63, 3.8) is 0 Å². The number of carbonyl (C=O) groups excluding carboxylic acids is 1. The van der Waals surface area contributed by atoms with Crippen molar-refractivity contribution in [2.75, 3.05) is 26.7 Å². The lowest BCUT2D eigenvalue weighted by molar-refractivity contribution is 0.00885. The molecule has 1 fully saturated rings. The molecule has 134 valence electrons. The van der Waals surface area contributed by atoms with E-state index in [0.29, 0.717) is 24.2 Å². The maximum absolute atomic E-state index is 13.4. The molecule has 1 saturated heterocycles. The summed E-state index contributed by atoms with van der Waals surface area (Å²) in [4.78, 5) is 16.0. The van der Waals surface area contributed by atoms with Gasteiger partial charge in [-0.15, -0.1) is 0 Å². The lowest BCUT2D eigenvalue weighted by atomic mass is 10.0. The van der Waals surface area contributed by atoms with Crippen LogP contribution >= 0.6 is 0 Å². The van der Waals surface area contributed by atoms with E-state index in [2.05, 4.69) is 0 Å². The zero-order chi connectivity index (χ0) is 18.1. The zero-order valence-electron chi connectivity index (χ0n) is 14.7. The molecule has 1 aliphatic heterocycles. The van der Waals surface area contributed by atoms with E-state index < -0.39 is 5.92 Å². The number of hydrogen-bond acceptors (Lipinski definition) is 2. The Morgan fingerprint density at radius 3 is 2.54 bits per heavy atom. The fourth-order valence-electron chi connectivity index (χ4n) is 3.14. The predicted octanol–water partition coefficient (Wildman–Crippen LogP) is 3.57. The summed E-state index contributed by atoms with van der Waals surface area (Å²) in [6.07, 6.45) is -0.132. The van der Waals surface area contributed by atoms with Gasteiger partial charge in [-0.3, -0.25) is 9.69 Å². The lowest BCUT2D eigenvalue weighted by Crippen LogP contribution is -2.47. The minimum absolute atomic E-state index is 0.120. The van der Waals surface area contributed by atoms with Crippen molar-refractivity contribution in [1.29, 1.82) is 0 Å². The van der Waals surface area contributed by atoms with E-state index in [4.69, 9.17) is 0 Å². The molecule has 0 aromatic heterocycles. The predicted molar refractivity (Wildman–Crippen MR) is 87.9 cm³/mol. The standard InChI is InChI=1S/C18H25F3N2O/c1-12(2)16(10-23-8-7-18(20,21)11-23)22(4)17(24)14-5-6-15(19)13(3)9-14/h5-6,9,12,16H,7-8,10-11H2,1-4H3. The van der Waals surface area contributed by atoms with E-state index in [1.807, 2.05) is 13.8 Å². The third-order valence-electron chi connectivity index (χ3n) is 4.69. The van der Waals surface area contributed by atoms with Crippen molar-refractivity contribution in [3.8, 4) is 0 Å². The third kappa shape index (κ3) is 4.29. The van der Waals surface area contributed by atoms with Gasteiger partial charge in [-0.1, -0.05) is 13.8 Å². The van der Waals surface area contributed by atoms with Crippen LogP contribution in [0.1, 0.15) is 36.2 Å². The maximum Gasteiger partial charge on any atom is 0.261 e. The number of benzene rings is 1. The van der Waals surface area contributed by atoms with Crippen LogP contribution in [0.3, 0.4) is 0 Å². The van der Waals surface area contributed by atoms with Crippen molar-refractivity contribution >= 4 is 5.91 Å². The first-order valence-corrected chi connectivity index (χ1v) is 8.24. The van der Waals surface area contributed by atoms with Crippen molar-refractivity contribution < 1.29 is 18.0 Å². The van der Waals surface area contributed by atoms with Crippen LogP contribution in [0.4, 0.5) is 13.2 Å². The average molecular weight is 342 g/mol. The van der Waals surface area contributed by atoms with Crippen molar-refractivity contribution in [2.45, 2.75) is 39.2 Å². The van der Waals surface area contributed by atoms with Crippen LogP contribution in [0, 0.1) is 18.7 Å². The molecule has 0 N–H and O–H groups in total. The number of hydrogen-bond donors (Lipinski definition) is 0. The number of rotatable bonds is 5. The van der Waals surface area contributed by atoms with Gasteiger partial charge in [-0.2, -0.15) is 0 Å². The molecule has 0 spiro atoms. The summed E-state index contributed by atoms with van der Waals surface area (Å²) in [5.41, 5.74) is 0.823. The second-order valence-corrected chi connectivity index (χ2v) is 7.03. The van der Waals surface area contributed by atoms with Crippen LogP contribution in [0.2, 0.25) is 0 Å². The topological polar surface area (TPSA) is 23.6 Å². The Balaban J connectivity index is 2.12. The van der Waals surface area contributed by atoms with Gasteiger partial charge in [0.05, 0.1) is 6.54 Å². The monoisotopic (exact) mass is 342 g/mol. The summed E-state index contributed by atoms with van der Waals surface area (Å²) in [6, 6.07) is 4.08. The van der Waals surface area contributed by atoms with Gasteiger partial charge < -0.3 is 4.90 Å².